The van der Waals surface area contributed by atoms with Crippen molar-refractivity contribution in [3.63, 3.8) is 0 Å². The van der Waals surface area contributed by atoms with Crippen molar-refractivity contribution in [2.75, 3.05) is 46.0 Å². The molecule has 2 unspecified atom stereocenters. The summed E-state index contributed by atoms with van der Waals surface area (Å²) >= 11 is 1.81. The first kappa shape index (κ1) is 24.6. The molecular formula is C17H32IN5O2S2. The first-order valence-corrected chi connectivity index (χ1v) is 11.9. The van der Waals surface area contributed by atoms with Crippen molar-refractivity contribution in [1.82, 2.24) is 20.3 Å². The highest BCUT2D eigenvalue weighted by Crippen LogP contribution is 2.37. The molecule has 0 saturated carbocycles. The van der Waals surface area contributed by atoms with Crippen molar-refractivity contribution in [1.29, 1.82) is 0 Å². The Hall–Kier alpha value is -0.430. The second-order valence-electron chi connectivity index (χ2n) is 6.66. The molecular weight excluding hydrogens is 497 g/mol. The van der Waals surface area contributed by atoms with Gasteiger partial charge in [-0.3, -0.25) is 9.89 Å². The second kappa shape index (κ2) is 12.2. The molecule has 0 spiro atoms. The normalized spacial score (nSPS) is 21.5. The van der Waals surface area contributed by atoms with Crippen LogP contribution in [-0.2, 0) is 10.0 Å². The van der Waals surface area contributed by atoms with Crippen LogP contribution in [0.3, 0.4) is 0 Å². The molecule has 1 aliphatic rings. The Balaban J connectivity index is 0.00000364. The van der Waals surface area contributed by atoms with Crippen LogP contribution in [0.15, 0.2) is 22.5 Å². The van der Waals surface area contributed by atoms with Crippen LogP contribution in [0.1, 0.15) is 30.7 Å². The molecule has 1 aromatic rings. The average molecular weight is 530 g/mol. The van der Waals surface area contributed by atoms with E-state index >= 15 is 0 Å². The number of hydrogen-bond acceptors (Lipinski definition) is 5. The number of sulfonamides is 1. The van der Waals surface area contributed by atoms with Gasteiger partial charge >= 0.3 is 0 Å². The lowest BCUT2D eigenvalue weighted by atomic mass is 9.88. The number of thiophene rings is 1. The van der Waals surface area contributed by atoms with E-state index in [0.29, 0.717) is 25.0 Å². The summed E-state index contributed by atoms with van der Waals surface area (Å²) < 4.78 is 24.7. The quantitative estimate of drug-likeness (QED) is 0.207. The van der Waals surface area contributed by atoms with Crippen LogP contribution in [0.5, 0.6) is 0 Å². The molecule has 156 valence electrons. The molecule has 7 nitrogen and oxygen atoms in total. The third kappa shape index (κ3) is 8.63. The van der Waals surface area contributed by atoms with Crippen LogP contribution in [0, 0.1) is 5.92 Å². The Kier molecular flexibility index (Phi) is 11.1. The van der Waals surface area contributed by atoms with E-state index < -0.39 is 10.0 Å². The summed E-state index contributed by atoms with van der Waals surface area (Å²) in [5, 5.41) is 8.56. The van der Waals surface area contributed by atoms with Crippen LogP contribution in [0.25, 0.3) is 0 Å². The van der Waals surface area contributed by atoms with Crippen LogP contribution in [0.4, 0.5) is 0 Å². The fourth-order valence-electron chi connectivity index (χ4n) is 3.33. The first-order chi connectivity index (χ1) is 12.4. The maximum Gasteiger partial charge on any atom is 0.208 e. The van der Waals surface area contributed by atoms with Crippen LogP contribution in [-0.4, -0.2) is 65.3 Å². The van der Waals surface area contributed by atoms with Gasteiger partial charge in [-0.1, -0.05) is 6.07 Å². The Morgan fingerprint density at radius 2 is 2.15 bits per heavy atom. The summed E-state index contributed by atoms with van der Waals surface area (Å²) in [5.74, 6) is 1.22. The lowest BCUT2D eigenvalue weighted by Crippen LogP contribution is -2.42. The minimum absolute atomic E-state index is 0. The highest BCUT2D eigenvalue weighted by atomic mass is 127. The maximum atomic E-state index is 11.1. The van der Waals surface area contributed by atoms with Gasteiger partial charge in [-0.15, -0.1) is 35.3 Å². The van der Waals surface area contributed by atoms with E-state index in [-0.39, 0.29) is 24.0 Å². The molecule has 1 aliphatic heterocycles. The molecule has 2 atom stereocenters. The molecule has 0 radical (unpaired) electrons. The van der Waals surface area contributed by atoms with Gasteiger partial charge in [0.2, 0.25) is 10.0 Å². The van der Waals surface area contributed by atoms with E-state index in [9.17, 15) is 8.42 Å². The zero-order valence-electron chi connectivity index (χ0n) is 16.3. The monoisotopic (exact) mass is 529 g/mol. The summed E-state index contributed by atoms with van der Waals surface area (Å²) in [6, 6.07) is 4.75. The number of aliphatic imine (C=N–C) groups is 1. The van der Waals surface area contributed by atoms with Crippen molar-refractivity contribution in [3.8, 4) is 0 Å². The van der Waals surface area contributed by atoms with Gasteiger partial charge in [-0.2, -0.15) is 0 Å². The summed E-state index contributed by atoms with van der Waals surface area (Å²) in [4.78, 5) is 8.60. The average Bonchev–Trinajstić information content (AvgIpc) is 3.09. The van der Waals surface area contributed by atoms with E-state index in [1.165, 1.54) is 17.7 Å². The Morgan fingerprint density at radius 3 is 2.78 bits per heavy atom. The number of hydrogen-bond donors (Lipinski definition) is 3. The molecule has 1 fully saturated rings. The van der Waals surface area contributed by atoms with E-state index in [1.807, 2.05) is 18.3 Å². The molecule has 0 aromatic carbocycles. The van der Waals surface area contributed by atoms with Crippen molar-refractivity contribution in [2.45, 2.75) is 25.8 Å². The number of rotatable bonds is 8. The van der Waals surface area contributed by atoms with Gasteiger partial charge in [0.1, 0.15) is 0 Å². The van der Waals surface area contributed by atoms with E-state index in [0.717, 1.165) is 31.8 Å². The lowest BCUT2D eigenvalue weighted by molar-refractivity contribution is 0.128. The predicted molar refractivity (Wildman–Crippen MR) is 125 cm³/mol. The smallest absolute Gasteiger partial charge is 0.208 e. The number of likely N-dealkylation sites (tertiary alicyclic amines) is 1. The second-order valence-corrected chi connectivity index (χ2v) is 9.47. The standard InChI is InChI=1S/C17H31N5O2S2.HI/c1-4-18-17(19-9-10-21-26(3,23)24)20-13-14-7-5-11-22(2)16(14)15-8-6-12-25-15;/h6,8,12,14,16,21H,4-5,7,9-11,13H2,1-3H3,(H2,18,19,20);1H. The largest absolute Gasteiger partial charge is 0.357 e. The number of piperidine rings is 1. The number of halogens is 1. The third-order valence-electron chi connectivity index (χ3n) is 4.45. The molecule has 0 bridgehead atoms. The number of nitrogens with zero attached hydrogens (tertiary/aromatic N) is 2. The third-order valence-corrected chi connectivity index (χ3v) is 6.12. The highest BCUT2D eigenvalue weighted by molar-refractivity contribution is 14.0. The zero-order chi connectivity index (χ0) is 19.0. The lowest BCUT2D eigenvalue weighted by Gasteiger charge is -2.38. The highest BCUT2D eigenvalue weighted by Gasteiger charge is 2.31. The van der Waals surface area contributed by atoms with Gasteiger partial charge in [0.25, 0.3) is 0 Å². The minimum Gasteiger partial charge on any atom is -0.357 e. The van der Waals surface area contributed by atoms with Crippen molar-refractivity contribution in [3.05, 3.63) is 22.4 Å². The topological polar surface area (TPSA) is 85.8 Å². The summed E-state index contributed by atoms with van der Waals surface area (Å²) in [6.45, 7) is 5.50. The molecule has 2 heterocycles. The molecule has 1 aromatic heterocycles. The SMILES string of the molecule is CCNC(=NCC1CCCN(C)C1c1cccs1)NCCNS(C)(=O)=O.I. The van der Waals surface area contributed by atoms with Gasteiger partial charge < -0.3 is 10.6 Å². The molecule has 0 amide bonds. The van der Waals surface area contributed by atoms with Crippen molar-refractivity contribution >= 4 is 51.3 Å². The van der Waals surface area contributed by atoms with E-state index in [4.69, 9.17) is 4.99 Å². The molecule has 1 saturated heterocycles. The van der Waals surface area contributed by atoms with E-state index in [2.05, 4.69) is 44.8 Å². The summed E-state index contributed by atoms with van der Waals surface area (Å²) in [5.41, 5.74) is 0. The fourth-order valence-corrected chi connectivity index (χ4v) is 4.78. The maximum absolute atomic E-state index is 11.1. The summed E-state index contributed by atoms with van der Waals surface area (Å²) in [7, 11) is -0.962. The van der Waals surface area contributed by atoms with Crippen LogP contribution < -0.4 is 15.4 Å². The molecule has 0 aliphatic carbocycles. The predicted octanol–water partition coefficient (Wildman–Crippen LogP) is 1.85. The molecule has 10 heteroatoms. The summed E-state index contributed by atoms with van der Waals surface area (Å²) in [6.07, 6.45) is 3.53. The Morgan fingerprint density at radius 1 is 1.37 bits per heavy atom. The molecule has 2 rings (SSSR count). The number of guanidine groups is 1. The first-order valence-electron chi connectivity index (χ1n) is 9.11. The van der Waals surface area contributed by atoms with Crippen molar-refractivity contribution < 1.29 is 8.42 Å². The van der Waals surface area contributed by atoms with Gasteiger partial charge in [0, 0.05) is 37.1 Å². The zero-order valence-corrected chi connectivity index (χ0v) is 20.2. The van der Waals surface area contributed by atoms with Crippen LogP contribution >= 0.6 is 35.3 Å². The molecule has 3 N–H and O–H groups in total. The Bertz CT molecular complexity index is 667. The van der Waals surface area contributed by atoms with Crippen molar-refractivity contribution in [2.24, 2.45) is 10.9 Å². The van der Waals surface area contributed by atoms with Gasteiger partial charge in [-0.25, -0.2) is 13.1 Å². The van der Waals surface area contributed by atoms with Gasteiger partial charge in [0.15, 0.2) is 5.96 Å². The van der Waals surface area contributed by atoms with Gasteiger partial charge in [0.05, 0.1) is 6.26 Å². The van der Waals surface area contributed by atoms with Crippen LogP contribution in [0.2, 0.25) is 0 Å². The van der Waals surface area contributed by atoms with Gasteiger partial charge in [-0.05, 0) is 50.7 Å². The molecule has 27 heavy (non-hydrogen) atoms. The number of nitrogens with one attached hydrogen (secondary N) is 3. The Labute approximate surface area is 184 Å². The minimum atomic E-state index is -3.16. The van der Waals surface area contributed by atoms with E-state index in [1.54, 1.807) is 0 Å². The fraction of sp³-hybridized carbons (Fsp3) is 0.706.